The zero-order chi connectivity index (χ0) is 13.2. The van der Waals surface area contributed by atoms with Gasteiger partial charge in [0.1, 0.15) is 10.8 Å². The van der Waals surface area contributed by atoms with E-state index in [4.69, 9.17) is 22.1 Å². The van der Waals surface area contributed by atoms with E-state index in [1.165, 1.54) is 0 Å². The van der Waals surface area contributed by atoms with Crippen LogP contribution in [-0.2, 0) is 0 Å². The number of halogens is 1. The van der Waals surface area contributed by atoms with E-state index in [-0.39, 0.29) is 0 Å². The van der Waals surface area contributed by atoms with Gasteiger partial charge in [0.2, 0.25) is 5.88 Å². The Bertz CT molecular complexity index is 746. The van der Waals surface area contributed by atoms with Gasteiger partial charge in [-0.05, 0) is 36.4 Å². The third-order valence-corrected chi connectivity index (χ3v) is 2.98. The molecule has 2 aromatic heterocycles. The van der Waals surface area contributed by atoms with Gasteiger partial charge in [0.05, 0.1) is 11.2 Å². The van der Waals surface area contributed by atoms with E-state index < -0.39 is 0 Å². The van der Waals surface area contributed by atoms with Gasteiger partial charge >= 0.3 is 0 Å². The maximum atomic E-state index is 6.03. The molecule has 2 N–H and O–H groups in total. The zero-order valence-corrected chi connectivity index (χ0v) is 10.6. The molecular formula is C14H10ClN3O. The lowest BCUT2D eigenvalue weighted by molar-refractivity contribution is 0.468. The van der Waals surface area contributed by atoms with E-state index in [1.54, 1.807) is 36.7 Å². The number of hydrogen-bond acceptors (Lipinski definition) is 4. The predicted octanol–water partition coefficient (Wildman–Crippen LogP) is 3.66. The molecule has 0 aliphatic carbocycles. The van der Waals surface area contributed by atoms with Gasteiger partial charge in [-0.15, -0.1) is 0 Å². The van der Waals surface area contributed by atoms with Crippen LogP contribution in [0.2, 0.25) is 5.02 Å². The Kier molecular flexibility index (Phi) is 2.93. The number of rotatable bonds is 2. The van der Waals surface area contributed by atoms with Gasteiger partial charge in [-0.2, -0.15) is 0 Å². The predicted molar refractivity (Wildman–Crippen MR) is 75.5 cm³/mol. The summed E-state index contributed by atoms with van der Waals surface area (Å²) in [6.07, 6.45) is 3.31. The first kappa shape index (κ1) is 11.7. The van der Waals surface area contributed by atoms with Crippen LogP contribution >= 0.6 is 11.6 Å². The van der Waals surface area contributed by atoms with Gasteiger partial charge in [-0.25, -0.2) is 4.98 Å². The topological polar surface area (TPSA) is 61.0 Å². The van der Waals surface area contributed by atoms with E-state index in [0.717, 1.165) is 5.39 Å². The molecule has 19 heavy (non-hydrogen) atoms. The molecule has 94 valence electrons. The number of anilines is 1. The first-order valence-corrected chi connectivity index (χ1v) is 6.05. The third-order valence-electron chi connectivity index (χ3n) is 2.69. The van der Waals surface area contributed by atoms with E-state index in [2.05, 4.69) is 9.97 Å². The van der Waals surface area contributed by atoms with E-state index in [1.807, 2.05) is 12.1 Å². The Balaban J connectivity index is 2.12. The van der Waals surface area contributed by atoms with Crippen LogP contribution in [0.15, 0.2) is 48.8 Å². The van der Waals surface area contributed by atoms with Gasteiger partial charge < -0.3 is 10.5 Å². The molecule has 5 heteroatoms. The highest BCUT2D eigenvalue weighted by atomic mass is 35.5. The van der Waals surface area contributed by atoms with Gasteiger partial charge in [-0.1, -0.05) is 11.6 Å². The number of benzene rings is 1. The molecule has 3 aromatic rings. The number of aromatic nitrogens is 2. The van der Waals surface area contributed by atoms with Crippen molar-refractivity contribution in [2.75, 3.05) is 5.73 Å². The average molecular weight is 272 g/mol. The highest BCUT2D eigenvalue weighted by Crippen LogP contribution is 2.33. The Morgan fingerprint density at radius 2 is 1.79 bits per heavy atom. The van der Waals surface area contributed by atoms with Gasteiger partial charge in [0, 0.05) is 17.8 Å². The summed E-state index contributed by atoms with van der Waals surface area (Å²) in [5, 5.41) is 1.28. The lowest BCUT2D eigenvalue weighted by Gasteiger charge is -2.09. The Hall–Kier alpha value is -2.33. The lowest BCUT2D eigenvalue weighted by atomic mass is 10.2. The average Bonchev–Trinajstić information content (AvgIpc) is 2.44. The summed E-state index contributed by atoms with van der Waals surface area (Å²) in [5.74, 6) is 0.983. The Morgan fingerprint density at radius 1 is 1.00 bits per heavy atom. The quantitative estimate of drug-likeness (QED) is 0.723. The number of ether oxygens (including phenoxy) is 1. The Labute approximate surface area is 114 Å². The van der Waals surface area contributed by atoms with Crippen LogP contribution < -0.4 is 10.5 Å². The molecule has 0 unspecified atom stereocenters. The molecule has 0 radical (unpaired) electrons. The summed E-state index contributed by atoms with van der Waals surface area (Å²) < 4.78 is 5.74. The molecule has 0 spiro atoms. The van der Waals surface area contributed by atoms with Crippen molar-refractivity contribution in [2.45, 2.75) is 0 Å². The largest absolute Gasteiger partial charge is 0.437 e. The van der Waals surface area contributed by atoms with Gasteiger partial charge in [-0.3, -0.25) is 4.98 Å². The number of nitrogen functional groups attached to an aromatic ring is 1. The standard InChI is InChI=1S/C14H10ClN3O/c15-10-4-2-8-18-14(10)19-12-6-5-11(16)13-9(12)3-1-7-17-13/h1-8H,16H2. The maximum Gasteiger partial charge on any atom is 0.238 e. The summed E-state index contributed by atoms with van der Waals surface area (Å²) in [7, 11) is 0. The lowest BCUT2D eigenvalue weighted by Crippen LogP contribution is -1.93. The van der Waals surface area contributed by atoms with Crippen molar-refractivity contribution in [2.24, 2.45) is 0 Å². The first-order valence-electron chi connectivity index (χ1n) is 5.67. The van der Waals surface area contributed by atoms with E-state index in [0.29, 0.717) is 27.9 Å². The normalized spacial score (nSPS) is 10.6. The molecule has 0 amide bonds. The minimum Gasteiger partial charge on any atom is -0.437 e. The number of fused-ring (bicyclic) bond motifs is 1. The number of nitrogens with two attached hydrogens (primary N) is 1. The van der Waals surface area contributed by atoms with Crippen molar-refractivity contribution in [1.29, 1.82) is 0 Å². The van der Waals surface area contributed by atoms with Gasteiger partial charge in [0.15, 0.2) is 0 Å². The number of pyridine rings is 2. The molecule has 4 nitrogen and oxygen atoms in total. The second kappa shape index (κ2) is 4.74. The molecule has 0 saturated carbocycles. The molecule has 1 aromatic carbocycles. The fraction of sp³-hybridized carbons (Fsp3) is 0. The highest BCUT2D eigenvalue weighted by Gasteiger charge is 2.09. The van der Waals surface area contributed by atoms with Crippen LogP contribution in [0, 0.1) is 0 Å². The van der Waals surface area contributed by atoms with Crippen molar-refractivity contribution in [1.82, 2.24) is 9.97 Å². The molecular weight excluding hydrogens is 262 g/mol. The third kappa shape index (κ3) is 2.18. The fourth-order valence-corrected chi connectivity index (χ4v) is 1.97. The zero-order valence-electron chi connectivity index (χ0n) is 9.88. The summed E-state index contributed by atoms with van der Waals surface area (Å²) in [5.41, 5.74) is 7.20. The molecule has 0 saturated heterocycles. The molecule has 2 heterocycles. The van der Waals surface area contributed by atoms with Crippen molar-refractivity contribution < 1.29 is 4.74 Å². The minimum atomic E-state index is 0.360. The van der Waals surface area contributed by atoms with Crippen LogP contribution in [0.4, 0.5) is 5.69 Å². The molecule has 0 bridgehead atoms. The van der Waals surface area contributed by atoms with Crippen molar-refractivity contribution in [3.8, 4) is 11.6 Å². The van der Waals surface area contributed by atoms with Crippen LogP contribution in [0.1, 0.15) is 0 Å². The monoisotopic (exact) mass is 271 g/mol. The number of hydrogen-bond donors (Lipinski definition) is 1. The fourth-order valence-electron chi connectivity index (χ4n) is 1.81. The summed E-state index contributed by atoms with van der Waals surface area (Å²) in [6.45, 7) is 0. The molecule has 0 atom stereocenters. The van der Waals surface area contributed by atoms with E-state index >= 15 is 0 Å². The van der Waals surface area contributed by atoms with E-state index in [9.17, 15) is 0 Å². The van der Waals surface area contributed by atoms with Crippen LogP contribution in [-0.4, -0.2) is 9.97 Å². The molecule has 0 aliphatic heterocycles. The van der Waals surface area contributed by atoms with Crippen molar-refractivity contribution in [3.05, 3.63) is 53.8 Å². The minimum absolute atomic E-state index is 0.360. The smallest absolute Gasteiger partial charge is 0.238 e. The summed E-state index contributed by atoms with van der Waals surface area (Å²) in [6, 6.07) is 10.7. The second-order valence-electron chi connectivity index (χ2n) is 3.94. The van der Waals surface area contributed by atoms with Crippen molar-refractivity contribution >= 4 is 28.2 Å². The van der Waals surface area contributed by atoms with Crippen LogP contribution in [0.5, 0.6) is 11.6 Å². The molecule has 3 rings (SSSR count). The molecule has 0 fully saturated rings. The second-order valence-corrected chi connectivity index (χ2v) is 4.35. The summed E-state index contributed by atoms with van der Waals surface area (Å²) >= 11 is 6.03. The van der Waals surface area contributed by atoms with Crippen LogP contribution in [0.3, 0.4) is 0 Å². The molecule has 0 aliphatic rings. The maximum absolute atomic E-state index is 6.03. The highest BCUT2D eigenvalue weighted by molar-refractivity contribution is 6.31. The first-order chi connectivity index (χ1) is 9.25. The summed E-state index contributed by atoms with van der Waals surface area (Å²) in [4.78, 5) is 8.34. The van der Waals surface area contributed by atoms with Crippen molar-refractivity contribution in [3.63, 3.8) is 0 Å². The SMILES string of the molecule is Nc1ccc(Oc2ncccc2Cl)c2cccnc12. The number of nitrogens with zero attached hydrogens (tertiary/aromatic N) is 2. The van der Waals surface area contributed by atoms with Gasteiger partial charge in [0.25, 0.3) is 0 Å². The Morgan fingerprint density at radius 3 is 2.63 bits per heavy atom. The van der Waals surface area contributed by atoms with Crippen LogP contribution in [0.25, 0.3) is 10.9 Å².